The number of benzene rings is 4. The topological polar surface area (TPSA) is 107 Å². The standard InChI is InChI=1S/C34H34BrN3O6/c1-4-41-30-19-26(15-16-29(30)43-21-24-12-7-6-8-13-24)34(40)38-36-20-25-17-27(35)33(31(18-25)42-5-2)44-22-32(39)37-28-14-10-9-11-23(28)3/h6-20H,4-5,21-22H2,1-3H3,(H,37,39)(H,38,40)/b36-20+. The molecule has 0 aliphatic heterocycles. The minimum atomic E-state index is -0.416. The lowest BCUT2D eigenvalue weighted by atomic mass is 10.2. The number of para-hydroxylation sites is 1. The number of carbonyl (C=O) groups is 2. The highest BCUT2D eigenvalue weighted by atomic mass is 79.9. The first-order valence-corrected chi connectivity index (χ1v) is 14.9. The zero-order chi connectivity index (χ0) is 31.3. The van der Waals surface area contributed by atoms with E-state index in [2.05, 4.69) is 31.8 Å². The second-order valence-corrected chi connectivity index (χ2v) is 10.3. The summed E-state index contributed by atoms with van der Waals surface area (Å²) in [6.45, 7) is 6.58. The maximum absolute atomic E-state index is 12.9. The quantitative estimate of drug-likeness (QED) is 0.112. The van der Waals surface area contributed by atoms with E-state index >= 15 is 0 Å². The first-order valence-electron chi connectivity index (χ1n) is 14.1. The number of anilines is 1. The fourth-order valence-electron chi connectivity index (χ4n) is 4.10. The van der Waals surface area contributed by atoms with E-state index in [0.717, 1.165) is 16.8 Å². The van der Waals surface area contributed by atoms with Crippen LogP contribution in [0.5, 0.6) is 23.0 Å². The number of aryl methyl sites for hydroxylation is 1. The molecule has 0 bridgehead atoms. The predicted molar refractivity (Wildman–Crippen MR) is 174 cm³/mol. The number of halogens is 1. The Hall–Kier alpha value is -4.83. The van der Waals surface area contributed by atoms with Crippen molar-refractivity contribution in [3.05, 3.63) is 112 Å². The van der Waals surface area contributed by atoms with Crippen molar-refractivity contribution in [1.29, 1.82) is 0 Å². The number of hydrogen-bond donors (Lipinski definition) is 2. The summed E-state index contributed by atoms with van der Waals surface area (Å²) in [6.07, 6.45) is 1.49. The molecule has 2 N–H and O–H groups in total. The minimum absolute atomic E-state index is 0.212. The van der Waals surface area contributed by atoms with Crippen LogP contribution >= 0.6 is 15.9 Å². The summed E-state index contributed by atoms with van der Waals surface area (Å²) in [6, 6.07) is 25.7. The van der Waals surface area contributed by atoms with E-state index in [1.54, 1.807) is 30.3 Å². The van der Waals surface area contributed by atoms with Crippen LogP contribution < -0.4 is 29.7 Å². The zero-order valence-electron chi connectivity index (χ0n) is 24.8. The van der Waals surface area contributed by atoms with Gasteiger partial charge in [0, 0.05) is 11.3 Å². The maximum atomic E-state index is 12.9. The van der Waals surface area contributed by atoms with Gasteiger partial charge in [-0.25, -0.2) is 5.43 Å². The van der Waals surface area contributed by atoms with Crippen molar-refractivity contribution in [1.82, 2.24) is 5.43 Å². The van der Waals surface area contributed by atoms with Gasteiger partial charge in [0.15, 0.2) is 29.6 Å². The lowest BCUT2D eigenvalue weighted by Gasteiger charge is -2.15. The van der Waals surface area contributed by atoms with Crippen LogP contribution in [0.2, 0.25) is 0 Å². The molecule has 10 heteroatoms. The smallest absolute Gasteiger partial charge is 0.271 e. The average Bonchev–Trinajstić information content (AvgIpc) is 3.02. The molecule has 0 heterocycles. The van der Waals surface area contributed by atoms with E-state index in [9.17, 15) is 9.59 Å². The van der Waals surface area contributed by atoms with Crippen molar-refractivity contribution in [2.45, 2.75) is 27.4 Å². The summed E-state index contributed by atoms with van der Waals surface area (Å²) >= 11 is 3.50. The second kappa shape index (κ2) is 16.1. The summed E-state index contributed by atoms with van der Waals surface area (Å²) < 4.78 is 23.8. The Kier molecular flexibility index (Phi) is 11.8. The Bertz CT molecular complexity index is 1610. The van der Waals surface area contributed by atoms with Gasteiger partial charge in [-0.05, 0) is 89.8 Å². The van der Waals surface area contributed by atoms with Crippen LogP contribution in [0.15, 0.2) is 94.5 Å². The van der Waals surface area contributed by atoms with E-state index in [1.165, 1.54) is 6.21 Å². The first kappa shape index (κ1) is 32.1. The van der Waals surface area contributed by atoms with Crippen molar-refractivity contribution in [3.63, 3.8) is 0 Å². The van der Waals surface area contributed by atoms with Crippen molar-refractivity contribution in [2.24, 2.45) is 5.10 Å². The fourth-order valence-corrected chi connectivity index (χ4v) is 4.68. The minimum Gasteiger partial charge on any atom is -0.490 e. The molecule has 0 saturated heterocycles. The predicted octanol–water partition coefficient (Wildman–Crippen LogP) is 6.92. The third kappa shape index (κ3) is 9.08. The Balaban J connectivity index is 1.39. The molecule has 0 fully saturated rings. The molecule has 0 saturated carbocycles. The maximum Gasteiger partial charge on any atom is 0.271 e. The highest BCUT2D eigenvalue weighted by molar-refractivity contribution is 9.10. The van der Waals surface area contributed by atoms with E-state index < -0.39 is 5.91 Å². The van der Waals surface area contributed by atoms with Crippen molar-refractivity contribution in [2.75, 3.05) is 25.1 Å². The van der Waals surface area contributed by atoms with Gasteiger partial charge >= 0.3 is 0 Å². The van der Waals surface area contributed by atoms with Crippen LogP contribution in [0.1, 0.15) is 40.9 Å². The molecule has 2 amide bonds. The van der Waals surface area contributed by atoms with Crippen LogP contribution in [0.25, 0.3) is 0 Å². The molecule has 228 valence electrons. The molecule has 0 radical (unpaired) electrons. The molecular weight excluding hydrogens is 626 g/mol. The number of nitrogens with one attached hydrogen (secondary N) is 2. The third-order valence-electron chi connectivity index (χ3n) is 6.22. The molecule has 4 aromatic carbocycles. The van der Waals surface area contributed by atoms with E-state index in [1.807, 2.05) is 75.4 Å². The third-order valence-corrected chi connectivity index (χ3v) is 6.81. The number of rotatable bonds is 14. The lowest BCUT2D eigenvalue weighted by molar-refractivity contribution is -0.118. The SMILES string of the molecule is CCOc1cc(C(=O)N/N=C/c2cc(Br)c(OCC(=O)Nc3ccccc3C)c(OCC)c2)ccc1OCc1ccccc1. The van der Waals surface area contributed by atoms with E-state index in [-0.39, 0.29) is 12.5 Å². The number of hydrazone groups is 1. The summed E-state index contributed by atoms with van der Waals surface area (Å²) in [5, 5.41) is 6.96. The van der Waals surface area contributed by atoms with Crippen LogP contribution in [-0.2, 0) is 11.4 Å². The molecule has 4 rings (SSSR count). The number of nitrogens with zero attached hydrogens (tertiary/aromatic N) is 1. The van der Waals surface area contributed by atoms with Gasteiger partial charge in [-0.1, -0.05) is 48.5 Å². The Morgan fingerprint density at radius 2 is 1.55 bits per heavy atom. The first-order chi connectivity index (χ1) is 21.4. The molecule has 0 spiro atoms. The van der Waals surface area contributed by atoms with Crippen molar-refractivity contribution in [3.8, 4) is 23.0 Å². The number of carbonyl (C=O) groups excluding carboxylic acids is 2. The Morgan fingerprint density at radius 3 is 2.30 bits per heavy atom. The monoisotopic (exact) mass is 659 g/mol. The van der Waals surface area contributed by atoms with Gasteiger partial charge in [0.2, 0.25) is 0 Å². The molecule has 4 aromatic rings. The largest absolute Gasteiger partial charge is 0.490 e. The summed E-state index contributed by atoms with van der Waals surface area (Å²) in [7, 11) is 0. The van der Waals surface area contributed by atoms with E-state index in [4.69, 9.17) is 18.9 Å². The van der Waals surface area contributed by atoms with Crippen LogP contribution in [0.3, 0.4) is 0 Å². The van der Waals surface area contributed by atoms with Crippen molar-refractivity contribution < 1.29 is 28.5 Å². The number of ether oxygens (including phenoxy) is 4. The lowest BCUT2D eigenvalue weighted by Crippen LogP contribution is -2.21. The van der Waals surface area contributed by atoms with Gasteiger partial charge in [-0.3, -0.25) is 9.59 Å². The fraction of sp³-hybridized carbons (Fsp3) is 0.206. The van der Waals surface area contributed by atoms with E-state index in [0.29, 0.717) is 58.4 Å². The second-order valence-electron chi connectivity index (χ2n) is 9.48. The molecule has 44 heavy (non-hydrogen) atoms. The molecule has 0 atom stereocenters. The van der Waals surface area contributed by atoms with Gasteiger partial charge in [-0.2, -0.15) is 5.10 Å². The normalized spacial score (nSPS) is 10.7. The summed E-state index contributed by atoms with van der Waals surface area (Å²) in [4.78, 5) is 25.4. The van der Waals surface area contributed by atoms with Gasteiger partial charge in [0.25, 0.3) is 11.8 Å². The highest BCUT2D eigenvalue weighted by Crippen LogP contribution is 2.36. The molecule has 0 aromatic heterocycles. The number of hydrogen-bond acceptors (Lipinski definition) is 7. The van der Waals surface area contributed by atoms with Gasteiger partial charge in [0.05, 0.1) is 23.9 Å². The van der Waals surface area contributed by atoms with Gasteiger partial charge in [0.1, 0.15) is 6.61 Å². The average molecular weight is 661 g/mol. The molecular formula is C34H34BrN3O6. The van der Waals surface area contributed by atoms with Crippen LogP contribution in [0.4, 0.5) is 5.69 Å². The zero-order valence-corrected chi connectivity index (χ0v) is 26.3. The molecule has 0 unspecified atom stereocenters. The van der Waals surface area contributed by atoms with Crippen molar-refractivity contribution >= 4 is 39.6 Å². The number of amides is 2. The van der Waals surface area contributed by atoms with Gasteiger partial charge < -0.3 is 24.3 Å². The summed E-state index contributed by atoms with van der Waals surface area (Å²) in [5.74, 6) is 1.09. The molecule has 0 aliphatic carbocycles. The summed E-state index contributed by atoms with van der Waals surface area (Å²) in [5.41, 5.74) is 6.24. The molecule has 9 nitrogen and oxygen atoms in total. The Labute approximate surface area is 265 Å². The highest BCUT2D eigenvalue weighted by Gasteiger charge is 2.15. The van der Waals surface area contributed by atoms with Crippen LogP contribution in [0, 0.1) is 6.92 Å². The molecule has 0 aliphatic rings. The van der Waals surface area contributed by atoms with Crippen LogP contribution in [-0.4, -0.2) is 37.8 Å². The van der Waals surface area contributed by atoms with Gasteiger partial charge in [-0.15, -0.1) is 0 Å². The Morgan fingerprint density at radius 1 is 0.818 bits per heavy atom.